The summed E-state index contributed by atoms with van der Waals surface area (Å²) < 4.78 is 49.7. The smallest absolute Gasteiger partial charge is 0.337 e. The summed E-state index contributed by atoms with van der Waals surface area (Å²) in [6, 6.07) is 24.1. The van der Waals surface area contributed by atoms with Gasteiger partial charge in [0.1, 0.15) is 5.82 Å². The van der Waals surface area contributed by atoms with Gasteiger partial charge in [-0.3, -0.25) is 0 Å². The van der Waals surface area contributed by atoms with Crippen molar-refractivity contribution < 1.29 is 22.3 Å². The topological polar surface area (TPSA) is 65.4 Å². The summed E-state index contributed by atoms with van der Waals surface area (Å²) in [7, 11) is -2.90. The van der Waals surface area contributed by atoms with Crippen LogP contribution < -0.4 is 0 Å². The van der Waals surface area contributed by atoms with Crippen molar-refractivity contribution in [1.29, 1.82) is 0 Å². The number of hydrogen-bond donors (Lipinski definition) is 0. The lowest BCUT2D eigenvalue weighted by molar-refractivity contribution is 0.0600. The van der Waals surface area contributed by atoms with Crippen LogP contribution in [0.5, 0.6) is 0 Å². The minimum Gasteiger partial charge on any atom is -0.465 e. The van der Waals surface area contributed by atoms with E-state index in [9.17, 15) is 17.6 Å². The Kier molecular flexibility index (Phi) is 7.64. The van der Waals surface area contributed by atoms with Crippen molar-refractivity contribution in [3.8, 4) is 33.5 Å². The number of carbonyl (C=O) groups excluding carboxylic acids is 1. The van der Waals surface area contributed by atoms with Gasteiger partial charge in [0, 0.05) is 37.0 Å². The van der Waals surface area contributed by atoms with Crippen LogP contribution in [0.4, 0.5) is 4.39 Å². The van der Waals surface area contributed by atoms with E-state index in [0.717, 1.165) is 10.4 Å². The van der Waals surface area contributed by atoms with Crippen LogP contribution in [0.1, 0.15) is 15.2 Å². The number of halogens is 3. The number of carbonyl (C=O) groups is 1. The van der Waals surface area contributed by atoms with Crippen molar-refractivity contribution in [3.63, 3.8) is 0 Å². The van der Waals surface area contributed by atoms with Gasteiger partial charge in [0.25, 0.3) is 10.0 Å². The van der Waals surface area contributed by atoms with Crippen LogP contribution in [0.25, 0.3) is 44.4 Å². The molecular weight excluding hydrogens is 628 g/mol. The van der Waals surface area contributed by atoms with Crippen molar-refractivity contribution in [2.75, 3.05) is 7.11 Å². The summed E-state index contributed by atoms with van der Waals surface area (Å²) in [6.45, 7) is 1.94. The van der Waals surface area contributed by atoms with E-state index in [1.165, 1.54) is 70.9 Å². The number of benzene rings is 4. The van der Waals surface area contributed by atoms with E-state index in [4.69, 9.17) is 27.9 Å². The predicted molar refractivity (Wildman–Crippen MR) is 171 cm³/mol. The average Bonchev–Trinajstić information content (AvgIpc) is 3.57. The molecule has 0 fully saturated rings. The van der Waals surface area contributed by atoms with E-state index in [2.05, 4.69) is 0 Å². The molecule has 4 aromatic carbocycles. The Morgan fingerprint density at radius 3 is 2.30 bits per heavy atom. The highest BCUT2D eigenvalue weighted by atomic mass is 35.5. The summed E-state index contributed by atoms with van der Waals surface area (Å²) in [5.41, 5.74) is 4.30. The lowest BCUT2D eigenvalue weighted by atomic mass is 9.96. The first-order chi connectivity index (χ1) is 20.6. The third-order valence-corrected chi connectivity index (χ3v) is 10.3. The molecule has 0 spiro atoms. The van der Waals surface area contributed by atoms with Crippen molar-refractivity contribution in [2.45, 2.75) is 11.8 Å². The van der Waals surface area contributed by atoms with E-state index < -0.39 is 21.8 Å². The first-order valence-electron chi connectivity index (χ1n) is 13.0. The van der Waals surface area contributed by atoms with Crippen LogP contribution in [0.2, 0.25) is 10.0 Å². The minimum absolute atomic E-state index is 0.0329. The Labute approximate surface area is 261 Å². The quantitative estimate of drug-likeness (QED) is 0.169. The summed E-state index contributed by atoms with van der Waals surface area (Å²) in [6.07, 6.45) is 0. The van der Waals surface area contributed by atoms with E-state index >= 15 is 0 Å². The van der Waals surface area contributed by atoms with Crippen LogP contribution >= 0.6 is 34.5 Å². The molecule has 0 N–H and O–H groups in total. The van der Waals surface area contributed by atoms with Crippen LogP contribution in [0.3, 0.4) is 0 Å². The lowest BCUT2D eigenvalue weighted by Crippen LogP contribution is -2.14. The highest BCUT2D eigenvalue weighted by Gasteiger charge is 2.30. The van der Waals surface area contributed by atoms with E-state index in [1.807, 2.05) is 36.6 Å². The zero-order valence-corrected chi connectivity index (χ0v) is 25.9. The van der Waals surface area contributed by atoms with Crippen LogP contribution in [0.15, 0.2) is 101 Å². The third-order valence-electron chi connectivity index (χ3n) is 7.20. The maximum absolute atomic E-state index is 14.8. The summed E-state index contributed by atoms with van der Waals surface area (Å²) in [5.74, 6) is -0.998. The van der Waals surface area contributed by atoms with Gasteiger partial charge in [0.05, 0.1) is 28.8 Å². The molecule has 6 rings (SSSR count). The van der Waals surface area contributed by atoms with Gasteiger partial charge in [-0.1, -0.05) is 47.5 Å². The Hall–Kier alpha value is -3.95. The van der Waals surface area contributed by atoms with Gasteiger partial charge in [-0.25, -0.2) is 21.6 Å². The number of nitrogens with zero attached hydrogens (tertiary/aromatic N) is 1. The fraction of sp³-hybridized carbons (Fsp3) is 0.0606. The number of fused-ring (bicyclic) bond motifs is 1. The van der Waals surface area contributed by atoms with Gasteiger partial charge in [0.2, 0.25) is 0 Å². The van der Waals surface area contributed by atoms with Crippen LogP contribution in [-0.4, -0.2) is 25.5 Å². The first kappa shape index (κ1) is 29.1. The second-order valence-electron chi connectivity index (χ2n) is 9.77. The second-order valence-corrected chi connectivity index (χ2v) is 13.5. The molecule has 0 saturated heterocycles. The molecule has 0 atom stereocenters. The molecule has 0 unspecified atom stereocenters. The molecule has 0 amide bonds. The molecule has 5 nitrogen and oxygen atoms in total. The fourth-order valence-corrected chi connectivity index (χ4v) is 7.87. The monoisotopic (exact) mass is 649 g/mol. The van der Waals surface area contributed by atoms with Crippen LogP contribution in [-0.2, 0) is 14.8 Å². The number of esters is 1. The van der Waals surface area contributed by atoms with Gasteiger partial charge in [-0.05, 0) is 90.2 Å². The number of thiophene rings is 1. The molecule has 6 aromatic rings. The number of rotatable bonds is 6. The Bertz CT molecular complexity index is 2150. The van der Waals surface area contributed by atoms with Crippen molar-refractivity contribution in [2.24, 2.45) is 0 Å². The molecule has 0 bridgehead atoms. The molecule has 0 aliphatic heterocycles. The number of methoxy groups -OCH3 is 1. The molecule has 0 aliphatic rings. The average molecular weight is 651 g/mol. The SMILES string of the molecule is COC(=O)c1ccc(-c2cccc(-c3c(-c4ccsc4C)c4cc(F)ccc4n3S(=O)(=O)c3ccc(Cl)cc3)c2)c(Cl)c1. The van der Waals surface area contributed by atoms with E-state index in [1.54, 1.807) is 18.2 Å². The Morgan fingerprint density at radius 2 is 1.63 bits per heavy atom. The molecule has 43 heavy (non-hydrogen) atoms. The molecule has 0 radical (unpaired) electrons. The molecule has 2 aromatic heterocycles. The number of aryl methyl sites for hydroxylation is 1. The standard InChI is InChI=1S/C33H22Cl2FNO4S2/c1-19-26(14-15-42-19)31-28-18-24(36)9-13-30(28)37(43(39,40)25-10-7-23(34)8-11-25)32(31)21-5-3-4-20(16-21)27-12-6-22(17-29(27)35)33(38)41-2/h3-18H,1-2H3. The number of hydrogen-bond acceptors (Lipinski definition) is 5. The highest BCUT2D eigenvalue weighted by Crippen LogP contribution is 2.46. The zero-order chi connectivity index (χ0) is 30.5. The highest BCUT2D eigenvalue weighted by molar-refractivity contribution is 7.90. The van der Waals surface area contributed by atoms with Crippen molar-refractivity contribution in [3.05, 3.63) is 123 Å². The molecule has 0 aliphatic carbocycles. The zero-order valence-electron chi connectivity index (χ0n) is 22.8. The number of aromatic nitrogens is 1. The Morgan fingerprint density at radius 1 is 0.884 bits per heavy atom. The first-order valence-corrected chi connectivity index (χ1v) is 16.1. The van der Waals surface area contributed by atoms with Gasteiger partial charge >= 0.3 is 5.97 Å². The summed E-state index contributed by atoms with van der Waals surface area (Å²) >= 11 is 14.2. The van der Waals surface area contributed by atoms with Gasteiger partial charge < -0.3 is 4.74 Å². The van der Waals surface area contributed by atoms with Crippen molar-refractivity contribution >= 4 is 61.4 Å². The largest absolute Gasteiger partial charge is 0.465 e. The van der Waals surface area contributed by atoms with E-state index in [-0.39, 0.29) is 4.90 Å². The molecule has 2 heterocycles. The van der Waals surface area contributed by atoms with Crippen molar-refractivity contribution in [1.82, 2.24) is 3.97 Å². The maximum Gasteiger partial charge on any atom is 0.337 e. The Balaban J connectivity index is 1.68. The van der Waals surface area contributed by atoms with Gasteiger partial charge in [-0.2, -0.15) is 0 Å². The lowest BCUT2D eigenvalue weighted by Gasteiger charge is -2.15. The normalized spacial score (nSPS) is 11.7. The molecule has 216 valence electrons. The fourth-order valence-electron chi connectivity index (χ4n) is 5.20. The summed E-state index contributed by atoms with van der Waals surface area (Å²) in [4.78, 5) is 13.0. The second kappa shape index (κ2) is 11.3. The maximum atomic E-state index is 14.8. The summed E-state index contributed by atoms with van der Waals surface area (Å²) in [5, 5.41) is 3.10. The molecule has 10 heteroatoms. The van der Waals surface area contributed by atoms with Crippen LogP contribution in [0, 0.1) is 12.7 Å². The van der Waals surface area contributed by atoms with Gasteiger partial charge in [0.15, 0.2) is 0 Å². The molecular formula is C33H22Cl2FNO4S2. The minimum atomic E-state index is -4.20. The van der Waals surface area contributed by atoms with E-state index in [0.29, 0.717) is 54.5 Å². The molecule has 0 saturated carbocycles. The predicted octanol–water partition coefficient (Wildman–Crippen LogP) is 9.48. The third kappa shape index (κ3) is 5.14. The number of ether oxygens (including phenoxy) is 1. The van der Waals surface area contributed by atoms with Gasteiger partial charge in [-0.15, -0.1) is 11.3 Å².